The van der Waals surface area contributed by atoms with Gasteiger partial charge in [-0.25, -0.2) is 0 Å². The molecule has 0 fully saturated rings. The average Bonchev–Trinajstić information content (AvgIpc) is 2.06. The highest BCUT2D eigenvalue weighted by Gasteiger charge is 1.93. The van der Waals surface area contributed by atoms with E-state index in [2.05, 4.69) is 0 Å². The largest absolute Gasteiger partial charge is 0.394 e. The van der Waals surface area contributed by atoms with Crippen LogP contribution < -0.4 is 0 Å². The van der Waals surface area contributed by atoms with Crippen LogP contribution in [-0.4, -0.2) is 34.6 Å². The van der Waals surface area contributed by atoms with Crippen LogP contribution in [0, 0.1) is 22.7 Å². The van der Waals surface area contributed by atoms with E-state index in [9.17, 15) is 0 Å². The number of hydrogen-bond acceptors (Lipinski definition) is 5. The number of aliphatic hydroxyl groups is 3. The molecule has 0 aliphatic carbocycles. The van der Waals surface area contributed by atoms with Crippen LogP contribution in [0.3, 0.4) is 0 Å². The van der Waals surface area contributed by atoms with Crippen LogP contribution in [0.25, 0.3) is 0 Å². The van der Waals surface area contributed by atoms with Crippen LogP contribution >= 0.6 is 0 Å². The zero-order valence-electron chi connectivity index (χ0n) is 5.93. The number of nitrogens with zero attached hydrogens (tertiary/aromatic N) is 2. The highest BCUT2D eigenvalue weighted by Crippen LogP contribution is 1.71. The van der Waals surface area contributed by atoms with Gasteiger partial charge >= 0.3 is 0 Å². The van der Waals surface area contributed by atoms with Crippen molar-refractivity contribution in [1.29, 1.82) is 10.5 Å². The molecule has 62 valence electrons. The molecule has 5 heteroatoms. The smallest absolute Gasteiger partial charge is 0.122 e. The van der Waals surface area contributed by atoms with Crippen molar-refractivity contribution in [2.24, 2.45) is 0 Å². The van der Waals surface area contributed by atoms with Crippen molar-refractivity contribution in [3.8, 4) is 12.1 Å². The molecule has 0 bridgehead atoms. The maximum Gasteiger partial charge on any atom is 0.122 e. The summed E-state index contributed by atoms with van der Waals surface area (Å²) in [7, 11) is 0. The predicted molar refractivity (Wildman–Crippen MR) is 36.0 cm³/mol. The summed E-state index contributed by atoms with van der Waals surface area (Å²) in [5.74, 6) is 0. The molecular weight excluding hydrogens is 148 g/mol. The molecule has 0 saturated heterocycles. The molecule has 0 aliphatic heterocycles. The van der Waals surface area contributed by atoms with Gasteiger partial charge in [0.25, 0.3) is 0 Å². The van der Waals surface area contributed by atoms with Crippen LogP contribution in [0.15, 0.2) is 0 Å². The van der Waals surface area contributed by atoms with Gasteiger partial charge in [0.2, 0.25) is 0 Å². The summed E-state index contributed by atoms with van der Waals surface area (Å²) in [6.45, 7) is -0.729. The van der Waals surface area contributed by atoms with Crippen LogP contribution in [0.2, 0.25) is 0 Å². The first kappa shape index (κ1) is 12.5. The molecule has 0 aromatic heterocycles. The van der Waals surface area contributed by atoms with Crippen LogP contribution in [0.4, 0.5) is 0 Å². The zero-order chi connectivity index (χ0) is 9.11. The van der Waals surface area contributed by atoms with Gasteiger partial charge in [-0.1, -0.05) is 0 Å². The van der Waals surface area contributed by atoms with Gasteiger partial charge in [-0.2, -0.15) is 10.5 Å². The molecule has 0 amide bonds. The molecule has 0 aromatic rings. The third-order valence-electron chi connectivity index (χ3n) is 0.580. The first-order chi connectivity index (χ1) is 5.22. The van der Waals surface area contributed by atoms with Crippen LogP contribution in [0.1, 0.15) is 6.42 Å². The maximum atomic E-state index is 8.17. The van der Waals surface area contributed by atoms with Crippen molar-refractivity contribution in [3.05, 3.63) is 0 Å². The third kappa shape index (κ3) is 17.7. The van der Waals surface area contributed by atoms with E-state index in [4.69, 9.17) is 25.8 Å². The summed E-state index contributed by atoms with van der Waals surface area (Å²) in [5, 5.41) is 39.2. The highest BCUT2D eigenvalue weighted by molar-refractivity contribution is 4.85. The zero-order valence-corrected chi connectivity index (χ0v) is 5.93. The summed E-state index contributed by atoms with van der Waals surface area (Å²) >= 11 is 0. The highest BCUT2D eigenvalue weighted by atomic mass is 16.3. The fourth-order valence-electron chi connectivity index (χ4n) is 0.0931. The van der Waals surface area contributed by atoms with E-state index in [1.54, 1.807) is 12.1 Å². The third-order valence-corrected chi connectivity index (χ3v) is 0.580. The van der Waals surface area contributed by atoms with Gasteiger partial charge in [-0.15, -0.1) is 0 Å². The van der Waals surface area contributed by atoms with Crippen molar-refractivity contribution in [1.82, 2.24) is 0 Å². The van der Waals surface area contributed by atoms with Crippen molar-refractivity contribution in [2.75, 3.05) is 13.2 Å². The minimum absolute atomic E-state index is 0. The van der Waals surface area contributed by atoms with E-state index in [0.717, 1.165) is 0 Å². The molecule has 0 rings (SSSR count). The molecule has 5 nitrogen and oxygen atoms in total. The SMILES string of the molecule is N#CCC#N.OCC(O)CO. The lowest BCUT2D eigenvalue weighted by Crippen LogP contribution is -2.15. The lowest BCUT2D eigenvalue weighted by molar-refractivity contribution is 0.0450. The predicted octanol–water partition coefficient (Wildman–Crippen LogP) is -1.24. The molecule has 3 N–H and O–H groups in total. The van der Waals surface area contributed by atoms with Crippen LogP contribution in [0.5, 0.6) is 0 Å². The Morgan fingerprint density at radius 1 is 1.09 bits per heavy atom. The van der Waals surface area contributed by atoms with Crippen molar-refractivity contribution in [2.45, 2.75) is 12.5 Å². The van der Waals surface area contributed by atoms with Gasteiger partial charge in [-0.05, 0) is 0 Å². The lowest BCUT2D eigenvalue weighted by Gasteiger charge is -1.96. The Bertz CT molecular complexity index is 131. The van der Waals surface area contributed by atoms with E-state index in [1.807, 2.05) is 0 Å². The molecule has 0 aromatic carbocycles. The minimum atomic E-state index is -0.954. The monoisotopic (exact) mass is 158 g/mol. The molecular formula is C6H10N2O3. The van der Waals surface area contributed by atoms with Gasteiger partial charge in [0.15, 0.2) is 0 Å². The molecule has 0 spiro atoms. The Kier molecular flexibility index (Phi) is 13.2. The Morgan fingerprint density at radius 2 is 1.45 bits per heavy atom. The fraction of sp³-hybridized carbons (Fsp3) is 0.667. The molecule has 0 radical (unpaired) electrons. The van der Waals surface area contributed by atoms with E-state index < -0.39 is 6.10 Å². The van der Waals surface area contributed by atoms with Gasteiger partial charge in [0.05, 0.1) is 25.4 Å². The van der Waals surface area contributed by atoms with Crippen molar-refractivity contribution < 1.29 is 15.3 Å². The van der Waals surface area contributed by atoms with Gasteiger partial charge in [0.1, 0.15) is 12.5 Å². The van der Waals surface area contributed by atoms with Crippen molar-refractivity contribution >= 4 is 0 Å². The van der Waals surface area contributed by atoms with E-state index in [-0.39, 0.29) is 19.6 Å². The molecule has 0 unspecified atom stereocenters. The number of rotatable bonds is 2. The van der Waals surface area contributed by atoms with Crippen LogP contribution in [-0.2, 0) is 0 Å². The summed E-state index contributed by atoms with van der Waals surface area (Å²) in [6.07, 6.45) is -0.954. The Morgan fingerprint density at radius 3 is 1.45 bits per heavy atom. The molecule has 11 heavy (non-hydrogen) atoms. The van der Waals surface area contributed by atoms with Crippen molar-refractivity contribution in [3.63, 3.8) is 0 Å². The van der Waals surface area contributed by atoms with Gasteiger partial charge < -0.3 is 15.3 Å². The Hall–Kier alpha value is -1.14. The van der Waals surface area contributed by atoms with E-state index in [0.29, 0.717) is 0 Å². The van der Waals surface area contributed by atoms with E-state index >= 15 is 0 Å². The first-order valence-corrected chi connectivity index (χ1v) is 2.86. The standard InChI is InChI=1S/C3H2N2.C3H8O3/c4-2-1-3-5;4-1-3(6)2-5/h1H2;3-6H,1-2H2. The van der Waals surface area contributed by atoms with E-state index in [1.165, 1.54) is 0 Å². The summed E-state index contributed by atoms with van der Waals surface area (Å²) < 4.78 is 0. The molecule has 0 aliphatic rings. The summed E-state index contributed by atoms with van der Waals surface area (Å²) in [4.78, 5) is 0. The Labute approximate surface area is 64.7 Å². The average molecular weight is 158 g/mol. The fourth-order valence-corrected chi connectivity index (χ4v) is 0.0931. The normalized spacial score (nSPS) is 7.45. The quantitative estimate of drug-likeness (QED) is 0.465. The maximum absolute atomic E-state index is 8.17. The second-order valence-corrected chi connectivity index (χ2v) is 1.51. The second-order valence-electron chi connectivity index (χ2n) is 1.51. The molecule has 0 heterocycles. The molecule has 0 atom stereocenters. The summed E-state index contributed by atoms with van der Waals surface area (Å²) in [5.41, 5.74) is 0. The topological polar surface area (TPSA) is 108 Å². The van der Waals surface area contributed by atoms with Gasteiger partial charge in [-0.3, -0.25) is 0 Å². The summed E-state index contributed by atoms with van der Waals surface area (Å²) in [6, 6.07) is 3.31. The second kappa shape index (κ2) is 11.6. The number of nitriles is 2. The number of aliphatic hydroxyl groups excluding tert-OH is 3. The molecule has 0 saturated carbocycles. The minimum Gasteiger partial charge on any atom is -0.394 e. The lowest BCUT2D eigenvalue weighted by atomic mass is 10.4. The number of hydrogen-bond donors (Lipinski definition) is 3. The van der Waals surface area contributed by atoms with Gasteiger partial charge in [0, 0.05) is 0 Å². The Balaban J connectivity index is 0. The first-order valence-electron chi connectivity index (χ1n) is 2.86.